The molecule has 0 aliphatic rings. The van der Waals surface area contributed by atoms with Crippen LogP contribution in [0.3, 0.4) is 0 Å². The quantitative estimate of drug-likeness (QED) is 0.205. The number of ether oxygens (including phenoxy) is 2. The summed E-state index contributed by atoms with van der Waals surface area (Å²) in [6.45, 7) is 15.4. The smallest absolute Gasteiger partial charge is 0.176 e. The second-order valence-electron chi connectivity index (χ2n) is 5.88. The molecule has 0 spiro atoms. The first kappa shape index (κ1) is 18.4. The molecule has 19 heavy (non-hydrogen) atoms. The molecule has 0 rings (SSSR count). The number of hydrogen-bond donors (Lipinski definition) is 0. The second-order valence-corrected chi connectivity index (χ2v) is 10.6. The van der Waals surface area contributed by atoms with Crippen molar-refractivity contribution in [2.45, 2.75) is 71.6 Å². The summed E-state index contributed by atoms with van der Waals surface area (Å²) in [6, 6.07) is 0. The third kappa shape index (κ3) is 12.2. The first-order valence-corrected chi connectivity index (χ1v) is 10.8. The SMILES string of the molecule is C=C[C@@H](OCCCCC)O[C@H](C)CC#C[Si](C)(C)C. The average Bonchev–Trinajstić information content (AvgIpc) is 2.31. The van der Waals surface area contributed by atoms with Gasteiger partial charge in [-0.1, -0.05) is 46.0 Å². The molecule has 0 N–H and O–H groups in total. The van der Waals surface area contributed by atoms with Gasteiger partial charge >= 0.3 is 0 Å². The minimum absolute atomic E-state index is 0.0815. The lowest BCUT2D eigenvalue weighted by molar-refractivity contribution is -0.136. The lowest BCUT2D eigenvalue weighted by atomic mass is 10.3. The summed E-state index contributed by atoms with van der Waals surface area (Å²) in [6.07, 6.45) is 5.72. The third-order valence-electron chi connectivity index (χ3n) is 2.44. The van der Waals surface area contributed by atoms with Gasteiger partial charge in [-0.3, -0.25) is 0 Å². The maximum atomic E-state index is 5.77. The molecule has 0 aromatic rings. The molecule has 0 saturated carbocycles. The summed E-state index contributed by atoms with van der Waals surface area (Å²) in [5, 5.41) is 0. The Morgan fingerprint density at radius 1 is 1.26 bits per heavy atom. The standard InChI is InChI=1S/C16H30O2Si/c1-7-9-10-13-17-16(8-2)18-15(3)12-11-14-19(4,5)6/h8,15-16H,2,7,9-10,12-13H2,1,3-6H3/t15-,16+/m1/s1. The van der Waals surface area contributed by atoms with Crippen LogP contribution in [0.15, 0.2) is 12.7 Å². The average molecular weight is 282 g/mol. The van der Waals surface area contributed by atoms with Crippen molar-refractivity contribution in [3.05, 3.63) is 12.7 Å². The number of rotatable bonds is 9. The molecule has 0 heterocycles. The summed E-state index contributed by atoms with van der Waals surface area (Å²) in [7, 11) is -1.27. The van der Waals surface area contributed by atoms with Gasteiger partial charge in [-0.2, -0.15) is 0 Å². The Bertz CT molecular complexity index is 296. The van der Waals surface area contributed by atoms with Crippen LogP contribution in [0.4, 0.5) is 0 Å². The van der Waals surface area contributed by atoms with Gasteiger partial charge < -0.3 is 9.47 Å². The normalized spacial score (nSPS) is 14.4. The van der Waals surface area contributed by atoms with Gasteiger partial charge in [0.1, 0.15) is 8.07 Å². The van der Waals surface area contributed by atoms with Crippen LogP contribution in [0.25, 0.3) is 0 Å². The zero-order valence-corrected chi connectivity index (χ0v) is 14.3. The van der Waals surface area contributed by atoms with E-state index in [2.05, 4.69) is 44.6 Å². The van der Waals surface area contributed by atoms with Crippen molar-refractivity contribution in [2.75, 3.05) is 6.61 Å². The first-order chi connectivity index (χ1) is 8.89. The lowest BCUT2D eigenvalue weighted by Gasteiger charge is -2.18. The van der Waals surface area contributed by atoms with E-state index in [-0.39, 0.29) is 12.4 Å². The van der Waals surface area contributed by atoms with Crippen molar-refractivity contribution in [2.24, 2.45) is 0 Å². The molecule has 2 nitrogen and oxygen atoms in total. The van der Waals surface area contributed by atoms with E-state index >= 15 is 0 Å². The molecule has 0 fully saturated rings. The highest BCUT2D eigenvalue weighted by Crippen LogP contribution is 2.07. The molecule has 0 saturated heterocycles. The summed E-state index contributed by atoms with van der Waals surface area (Å²) >= 11 is 0. The molecule has 0 radical (unpaired) electrons. The van der Waals surface area contributed by atoms with Crippen LogP contribution in [0.5, 0.6) is 0 Å². The maximum Gasteiger partial charge on any atom is 0.176 e. The molecule has 0 bridgehead atoms. The van der Waals surface area contributed by atoms with Gasteiger partial charge in [0, 0.05) is 6.42 Å². The number of hydrogen-bond acceptors (Lipinski definition) is 2. The van der Waals surface area contributed by atoms with Gasteiger partial charge in [0.15, 0.2) is 6.29 Å². The number of unbranched alkanes of at least 4 members (excludes halogenated alkanes) is 2. The summed E-state index contributed by atoms with van der Waals surface area (Å²) in [5.74, 6) is 3.23. The van der Waals surface area contributed by atoms with Gasteiger partial charge in [0.05, 0.1) is 12.7 Å². The molecule has 0 aliphatic carbocycles. The molecule has 2 atom stereocenters. The van der Waals surface area contributed by atoms with Crippen LogP contribution in [-0.4, -0.2) is 27.1 Å². The summed E-state index contributed by atoms with van der Waals surface area (Å²) in [4.78, 5) is 0. The Balaban J connectivity index is 3.95. The van der Waals surface area contributed by atoms with Crippen molar-refractivity contribution >= 4 is 8.07 Å². The van der Waals surface area contributed by atoms with Gasteiger partial charge in [-0.25, -0.2) is 0 Å². The summed E-state index contributed by atoms with van der Waals surface area (Å²) in [5.41, 5.74) is 3.35. The highest BCUT2D eigenvalue weighted by molar-refractivity contribution is 6.83. The molecule has 0 aromatic heterocycles. The Labute approximate surface area is 120 Å². The molecule has 0 aromatic carbocycles. The van der Waals surface area contributed by atoms with Crippen LogP contribution in [0.1, 0.15) is 39.5 Å². The van der Waals surface area contributed by atoms with Gasteiger partial charge in [-0.15, -0.1) is 11.5 Å². The lowest BCUT2D eigenvalue weighted by Crippen LogP contribution is -2.21. The Hall–Kier alpha value is -0.563. The van der Waals surface area contributed by atoms with Crippen molar-refractivity contribution in [1.82, 2.24) is 0 Å². The van der Waals surface area contributed by atoms with Crippen molar-refractivity contribution in [3.63, 3.8) is 0 Å². The molecule has 0 aliphatic heterocycles. The Morgan fingerprint density at radius 3 is 2.47 bits per heavy atom. The second kappa shape index (κ2) is 10.3. The fourth-order valence-electron chi connectivity index (χ4n) is 1.45. The molecule has 3 heteroatoms. The minimum atomic E-state index is -1.27. The summed E-state index contributed by atoms with van der Waals surface area (Å²) < 4.78 is 11.4. The topological polar surface area (TPSA) is 18.5 Å². The molecular formula is C16H30O2Si. The van der Waals surface area contributed by atoms with E-state index in [0.29, 0.717) is 0 Å². The van der Waals surface area contributed by atoms with E-state index in [1.165, 1.54) is 12.8 Å². The monoisotopic (exact) mass is 282 g/mol. The van der Waals surface area contributed by atoms with E-state index < -0.39 is 8.07 Å². The van der Waals surface area contributed by atoms with Crippen molar-refractivity contribution in [3.8, 4) is 11.5 Å². The Morgan fingerprint density at radius 2 is 1.95 bits per heavy atom. The minimum Gasteiger partial charge on any atom is -0.349 e. The van der Waals surface area contributed by atoms with Crippen LogP contribution in [-0.2, 0) is 9.47 Å². The fourth-order valence-corrected chi connectivity index (χ4v) is 2.08. The maximum absolute atomic E-state index is 5.77. The van der Waals surface area contributed by atoms with E-state index in [9.17, 15) is 0 Å². The predicted molar refractivity (Wildman–Crippen MR) is 85.7 cm³/mol. The van der Waals surface area contributed by atoms with Crippen molar-refractivity contribution < 1.29 is 9.47 Å². The largest absolute Gasteiger partial charge is 0.349 e. The third-order valence-corrected chi connectivity index (χ3v) is 3.37. The van der Waals surface area contributed by atoms with Crippen LogP contribution < -0.4 is 0 Å². The predicted octanol–water partition coefficient (Wildman–Crippen LogP) is 4.38. The highest BCUT2D eigenvalue weighted by Gasteiger charge is 2.10. The molecular weight excluding hydrogens is 252 g/mol. The molecule has 0 unspecified atom stereocenters. The zero-order valence-electron chi connectivity index (χ0n) is 13.3. The fraction of sp³-hybridized carbons (Fsp3) is 0.750. The van der Waals surface area contributed by atoms with Crippen LogP contribution in [0.2, 0.25) is 19.6 Å². The molecule has 110 valence electrons. The zero-order chi connectivity index (χ0) is 14.7. The van der Waals surface area contributed by atoms with Gasteiger partial charge in [-0.05, 0) is 19.4 Å². The highest BCUT2D eigenvalue weighted by atomic mass is 28.3. The van der Waals surface area contributed by atoms with E-state index in [0.717, 1.165) is 19.4 Å². The van der Waals surface area contributed by atoms with Gasteiger partial charge in [0.2, 0.25) is 0 Å². The van der Waals surface area contributed by atoms with Crippen molar-refractivity contribution in [1.29, 1.82) is 0 Å². The van der Waals surface area contributed by atoms with E-state index in [1.807, 2.05) is 6.92 Å². The molecule has 0 amide bonds. The first-order valence-electron chi connectivity index (χ1n) is 7.28. The van der Waals surface area contributed by atoms with Crippen LogP contribution >= 0.6 is 0 Å². The Kier molecular flexibility index (Phi) is 9.95. The van der Waals surface area contributed by atoms with E-state index in [1.54, 1.807) is 6.08 Å². The van der Waals surface area contributed by atoms with Gasteiger partial charge in [0.25, 0.3) is 0 Å². The van der Waals surface area contributed by atoms with Crippen LogP contribution in [0, 0.1) is 11.5 Å². The van der Waals surface area contributed by atoms with E-state index in [4.69, 9.17) is 9.47 Å².